The van der Waals surface area contributed by atoms with Gasteiger partial charge in [0.2, 0.25) is 5.78 Å². The Hall–Kier alpha value is -2.86. The van der Waals surface area contributed by atoms with Crippen molar-refractivity contribution in [2.75, 3.05) is 6.61 Å². The highest BCUT2D eigenvalue weighted by atomic mass is 32.2. The highest BCUT2D eigenvalue weighted by molar-refractivity contribution is 7.90. The number of nitrogens with one attached hydrogen (secondary N) is 1. The van der Waals surface area contributed by atoms with Crippen LogP contribution in [0.3, 0.4) is 0 Å². The van der Waals surface area contributed by atoms with Crippen LogP contribution in [0.15, 0.2) is 70.8 Å². The number of hydrogen-bond acceptors (Lipinski definition) is 4. The second-order valence-corrected chi connectivity index (χ2v) is 7.19. The average Bonchev–Trinajstić information content (AvgIpc) is 2.59. The van der Waals surface area contributed by atoms with Crippen molar-refractivity contribution in [3.05, 3.63) is 77.0 Å². The topological polar surface area (TPSA) is 72.5 Å². The smallest absolute Gasteiger partial charge is 0.262 e. The van der Waals surface area contributed by atoms with E-state index in [1.54, 1.807) is 12.1 Å². The van der Waals surface area contributed by atoms with Gasteiger partial charge >= 0.3 is 0 Å². The second-order valence-electron chi connectivity index (χ2n) is 5.53. The van der Waals surface area contributed by atoms with Crippen molar-refractivity contribution in [2.45, 2.75) is 4.90 Å². The van der Waals surface area contributed by atoms with Crippen LogP contribution in [0, 0.1) is 0 Å². The minimum Gasteiger partial charge on any atom is -0.488 e. The SMILES string of the molecule is O=C1C(=CC2=Cc3ccccc3OC2)NS(=O)(=O)c2ccccc21. The fourth-order valence-corrected chi connectivity index (χ4v) is 4.04. The molecule has 2 aliphatic heterocycles. The molecular weight excluding hydrogens is 326 g/mol. The number of Topliss-reactive ketones (excluding diaryl/α,β-unsaturated/α-hetero) is 1. The molecule has 0 radical (unpaired) electrons. The first-order valence-corrected chi connectivity index (χ1v) is 8.83. The van der Waals surface area contributed by atoms with Gasteiger partial charge in [-0.15, -0.1) is 0 Å². The van der Waals surface area contributed by atoms with Gasteiger partial charge in [-0.1, -0.05) is 30.3 Å². The summed E-state index contributed by atoms with van der Waals surface area (Å²) in [6.45, 7) is 0.275. The first kappa shape index (κ1) is 14.7. The number of sulfonamides is 1. The molecule has 0 spiro atoms. The van der Waals surface area contributed by atoms with Crippen LogP contribution in [0.5, 0.6) is 5.75 Å². The number of allylic oxidation sites excluding steroid dienone is 1. The molecule has 2 heterocycles. The summed E-state index contributed by atoms with van der Waals surface area (Å²) in [6.07, 6.45) is 3.42. The van der Waals surface area contributed by atoms with Crippen LogP contribution in [-0.4, -0.2) is 20.8 Å². The van der Waals surface area contributed by atoms with Crippen molar-refractivity contribution < 1.29 is 17.9 Å². The van der Waals surface area contributed by atoms with E-state index in [9.17, 15) is 13.2 Å². The van der Waals surface area contributed by atoms with Crippen LogP contribution in [0.1, 0.15) is 15.9 Å². The van der Waals surface area contributed by atoms with Crippen LogP contribution in [-0.2, 0) is 10.0 Å². The first-order chi connectivity index (χ1) is 11.5. The molecule has 0 saturated heterocycles. The lowest BCUT2D eigenvalue weighted by molar-refractivity contribution is 0.102. The summed E-state index contributed by atoms with van der Waals surface area (Å²) < 4.78 is 32.6. The molecular formula is C18H13NO4S. The zero-order valence-electron chi connectivity index (χ0n) is 12.5. The van der Waals surface area contributed by atoms with E-state index in [0.29, 0.717) is 0 Å². The van der Waals surface area contributed by atoms with Crippen LogP contribution in [0.4, 0.5) is 0 Å². The normalized spacial score (nSPS) is 19.6. The van der Waals surface area contributed by atoms with E-state index in [2.05, 4.69) is 4.72 Å². The molecule has 1 N–H and O–H groups in total. The minimum atomic E-state index is -3.74. The van der Waals surface area contributed by atoms with Gasteiger partial charge in [-0.3, -0.25) is 9.52 Å². The highest BCUT2D eigenvalue weighted by Gasteiger charge is 2.31. The Balaban J connectivity index is 1.78. The van der Waals surface area contributed by atoms with Crippen molar-refractivity contribution in [1.29, 1.82) is 0 Å². The third kappa shape index (κ3) is 2.41. The van der Waals surface area contributed by atoms with Crippen LogP contribution < -0.4 is 9.46 Å². The fourth-order valence-electron chi connectivity index (χ4n) is 2.78. The Labute approximate surface area is 139 Å². The lowest BCUT2D eigenvalue weighted by Crippen LogP contribution is -2.34. The van der Waals surface area contributed by atoms with Crippen molar-refractivity contribution in [3.8, 4) is 5.75 Å². The maximum atomic E-state index is 12.6. The summed E-state index contributed by atoms with van der Waals surface area (Å²) in [5.74, 6) is 0.417. The first-order valence-electron chi connectivity index (χ1n) is 7.35. The molecule has 5 nitrogen and oxygen atoms in total. The van der Waals surface area contributed by atoms with E-state index in [4.69, 9.17) is 4.74 Å². The van der Waals surface area contributed by atoms with Crippen LogP contribution in [0.2, 0.25) is 0 Å². The lowest BCUT2D eigenvalue weighted by Gasteiger charge is -2.21. The molecule has 0 unspecified atom stereocenters. The number of carbonyl (C=O) groups excluding carboxylic acids is 1. The van der Waals surface area contributed by atoms with Gasteiger partial charge in [0.05, 0.1) is 10.6 Å². The summed E-state index contributed by atoms with van der Waals surface area (Å²) >= 11 is 0. The molecule has 2 aromatic rings. The van der Waals surface area contributed by atoms with Gasteiger partial charge in [0.15, 0.2) is 0 Å². The van der Waals surface area contributed by atoms with Crippen molar-refractivity contribution in [1.82, 2.24) is 4.72 Å². The molecule has 0 amide bonds. The summed E-state index contributed by atoms with van der Waals surface area (Å²) in [4.78, 5) is 12.6. The number of ketones is 1. The van der Waals surface area contributed by atoms with Gasteiger partial charge in [-0.2, -0.15) is 0 Å². The summed E-state index contributed by atoms with van der Waals surface area (Å²) in [7, 11) is -3.74. The quantitative estimate of drug-likeness (QED) is 0.811. The number of ether oxygens (including phenoxy) is 1. The molecule has 0 aliphatic carbocycles. The minimum absolute atomic E-state index is 0.00590. The number of hydrogen-bond donors (Lipinski definition) is 1. The van der Waals surface area contributed by atoms with Crippen LogP contribution >= 0.6 is 0 Å². The standard InChI is InChI=1S/C18H13NO4S/c20-18-14-6-2-4-8-17(14)24(21,22)19-15(18)10-12-9-13-5-1-3-7-16(13)23-11-12/h1-10,19H,11H2. The van der Waals surface area contributed by atoms with E-state index >= 15 is 0 Å². The van der Waals surface area contributed by atoms with Gasteiger partial charge < -0.3 is 4.74 Å². The molecule has 0 fully saturated rings. The Morgan fingerprint density at radius 3 is 2.67 bits per heavy atom. The number of carbonyl (C=O) groups is 1. The Bertz CT molecular complexity index is 1020. The van der Waals surface area contributed by atoms with Gasteiger partial charge in [0.1, 0.15) is 12.4 Å². The van der Waals surface area contributed by atoms with E-state index in [0.717, 1.165) is 16.9 Å². The van der Waals surface area contributed by atoms with Gasteiger partial charge in [-0.25, -0.2) is 8.42 Å². The number of benzene rings is 2. The summed E-state index contributed by atoms with van der Waals surface area (Å²) in [5.41, 5.74) is 1.82. The largest absolute Gasteiger partial charge is 0.488 e. The molecule has 24 heavy (non-hydrogen) atoms. The third-order valence-corrected chi connectivity index (χ3v) is 5.32. The number of fused-ring (bicyclic) bond motifs is 2. The van der Waals surface area contributed by atoms with E-state index in [1.165, 1.54) is 18.2 Å². The molecule has 0 saturated carbocycles. The van der Waals surface area contributed by atoms with E-state index in [-0.39, 0.29) is 28.5 Å². The molecule has 6 heteroatoms. The lowest BCUT2D eigenvalue weighted by atomic mass is 10.0. The van der Waals surface area contributed by atoms with Crippen molar-refractivity contribution in [2.24, 2.45) is 0 Å². The predicted octanol–water partition coefficient (Wildman–Crippen LogP) is 2.52. The molecule has 0 aromatic heterocycles. The Morgan fingerprint density at radius 2 is 1.79 bits per heavy atom. The highest BCUT2D eigenvalue weighted by Crippen LogP contribution is 2.28. The molecule has 2 aliphatic rings. The van der Waals surface area contributed by atoms with E-state index < -0.39 is 10.0 Å². The predicted molar refractivity (Wildman–Crippen MR) is 89.1 cm³/mol. The molecule has 0 atom stereocenters. The summed E-state index contributed by atoms with van der Waals surface area (Å²) in [5, 5.41) is 0. The number of rotatable bonds is 1. The summed E-state index contributed by atoms with van der Waals surface area (Å²) in [6, 6.07) is 13.7. The zero-order valence-corrected chi connectivity index (χ0v) is 13.3. The van der Waals surface area contributed by atoms with E-state index in [1.807, 2.05) is 30.3 Å². The molecule has 4 rings (SSSR count). The molecule has 120 valence electrons. The van der Waals surface area contributed by atoms with Gasteiger partial charge in [0.25, 0.3) is 10.0 Å². The average molecular weight is 339 g/mol. The maximum absolute atomic E-state index is 12.6. The van der Waals surface area contributed by atoms with Gasteiger partial charge in [-0.05, 0) is 35.9 Å². The van der Waals surface area contributed by atoms with Gasteiger partial charge in [0, 0.05) is 11.1 Å². The number of para-hydroxylation sites is 1. The van der Waals surface area contributed by atoms with Crippen molar-refractivity contribution >= 4 is 21.9 Å². The molecule has 2 aromatic carbocycles. The Morgan fingerprint density at radius 1 is 1.04 bits per heavy atom. The van der Waals surface area contributed by atoms with Crippen molar-refractivity contribution in [3.63, 3.8) is 0 Å². The Kier molecular flexibility index (Phi) is 3.28. The second kappa shape index (κ2) is 5.35. The van der Waals surface area contributed by atoms with Crippen LogP contribution in [0.25, 0.3) is 6.08 Å². The fraction of sp³-hybridized carbons (Fsp3) is 0.0556. The molecule has 0 bridgehead atoms. The third-order valence-electron chi connectivity index (χ3n) is 3.89. The monoisotopic (exact) mass is 339 g/mol. The maximum Gasteiger partial charge on any atom is 0.262 e. The zero-order chi connectivity index (χ0) is 16.7.